The Morgan fingerprint density at radius 1 is 1.27 bits per heavy atom. The molecule has 0 saturated heterocycles. The maximum Gasteiger partial charge on any atom is 0.305 e. The summed E-state index contributed by atoms with van der Waals surface area (Å²) in [5.41, 5.74) is 2.70. The van der Waals surface area contributed by atoms with Gasteiger partial charge in [-0.05, 0) is 26.7 Å². The molecule has 0 aliphatic rings. The molecule has 0 aromatic heterocycles. The Morgan fingerprint density at radius 2 is 1.87 bits per heavy atom. The average molecular weight is 210 g/mol. The Hall–Kier alpha value is -1.05. The molecule has 0 amide bonds. The molecule has 0 rings (SSSR count). The van der Waals surface area contributed by atoms with Gasteiger partial charge in [0.15, 0.2) is 0 Å². The Bertz CT molecular complexity index is 239. The SMILES string of the molecule is C=CCC/C(C)=C(\C)CCOC(=O)CC. The summed E-state index contributed by atoms with van der Waals surface area (Å²) in [7, 11) is 0. The summed E-state index contributed by atoms with van der Waals surface area (Å²) in [6, 6.07) is 0. The Balaban J connectivity index is 3.84. The van der Waals surface area contributed by atoms with Crippen molar-refractivity contribution in [2.75, 3.05) is 6.61 Å². The smallest absolute Gasteiger partial charge is 0.305 e. The molecule has 0 fully saturated rings. The van der Waals surface area contributed by atoms with E-state index in [9.17, 15) is 4.79 Å². The molecule has 0 bridgehead atoms. The van der Waals surface area contributed by atoms with Crippen LogP contribution in [0.5, 0.6) is 0 Å². The molecule has 2 heteroatoms. The van der Waals surface area contributed by atoms with Crippen molar-refractivity contribution in [3.05, 3.63) is 23.8 Å². The molecule has 0 aliphatic heterocycles. The Morgan fingerprint density at radius 3 is 2.40 bits per heavy atom. The summed E-state index contributed by atoms with van der Waals surface area (Å²) in [6.45, 7) is 10.2. The predicted molar refractivity (Wildman–Crippen MR) is 63.7 cm³/mol. The highest BCUT2D eigenvalue weighted by Crippen LogP contribution is 2.13. The van der Waals surface area contributed by atoms with Gasteiger partial charge >= 0.3 is 5.97 Å². The van der Waals surface area contributed by atoms with E-state index in [0.717, 1.165) is 19.3 Å². The van der Waals surface area contributed by atoms with E-state index in [0.29, 0.717) is 13.0 Å². The van der Waals surface area contributed by atoms with Gasteiger partial charge in [0.1, 0.15) is 0 Å². The van der Waals surface area contributed by atoms with Crippen molar-refractivity contribution in [2.45, 2.75) is 46.5 Å². The first-order valence-electron chi connectivity index (χ1n) is 5.53. The first-order valence-corrected chi connectivity index (χ1v) is 5.53. The summed E-state index contributed by atoms with van der Waals surface area (Å²) in [5, 5.41) is 0. The van der Waals surface area contributed by atoms with Crippen LogP contribution >= 0.6 is 0 Å². The van der Waals surface area contributed by atoms with Crippen LogP contribution in [0, 0.1) is 0 Å². The van der Waals surface area contributed by atoms with Crippen molar-refractivity contribution in [1.82, 2.24) is 0 Å². The predicted octanol–water partition coefficient (Wildman–Crippen LogP) is 3.63. The van der Waals surface area contributed by atoms with Gasteiger partial charge in [0.2, 0.25) is 0 Å². The van der Waals surface area contributed by atoms with Gasteiger partial charge < -0.3 is 4.74 Å². The molecule has 0 spiro atoms. The molecule has 0 aliphatic carbocycles. The van der Waals surface area contributed by atoms with Crippen molar-refractivity contribution in [2.24, 2.45) is 0 Å². The molecular weight excluding hydrogens is 188 g/mol. The van der Waals surface area contributed by atoms with Gasteiger partial charge in [-0.25, -0.2) is 0 Å². The van der Waals surface area contributed by atoms with Crippen LogP contribution in [0.4, 0.5) is 0 Å². The van der Waals surface area contributed by atoms with Gasteiger partial charge in [-0.1, -0.05) is 24.1 Å². The van der Waals surface area contributed by atoms with Gasteiger partial charge in [-0.15, -0.1) is 6.58 Å². The lowest BCUT2D eigenvalue weighted by Gasteiger charge is -2.07. The monoisotopic (exact) mass is 210 g/mol. The lowest BCUT2D eigenvalue weighted by Crippen LogP contribution is -2.04. The highest BCUT2D eigenvalue weighted by atomic mass is 16.5. The third kappa shape index (κ3) is 6.95. The molecule has 0 atom stereocenters. The van der Waals surface area contributed by atoms with E-state index in [1.165, 1.54) is 11.1 Å². The molecule has 0 N–H and O–H groups in total. The van der Waals surface area contributed by atoms with Crippen LogP contribution in [0.3, 0.4) is 0 Å². The summed E-state index contributed by atoms with van der Waals surface area (Å²) >= 11 is 0. The maximum atomic E-state index is 10.9. The first-order chi connectivity index (χ1) is 7.11. The minimum atomic E-state index is -0.119. The quantitative estimate of drug-likeness (QED) is 0.474. The van der Waals surface area contributed by atoms with Crippen LogP contribution in [0.25, 0.3) is 0 Å². The third-order valence-corrected chi connectivity index (χ3v) is 2.48. The molecule has 0 saturated carbocycles. The highest BCUT2D eigenvalue weighted by molar-refractivity contribution is 5.68. The zero-order chi connectivity index (χ0) is 11.7. The fourth-order valence-corrected chi connectivity index (χ4v) is 1.17. The number of ether oxygens (including phenoxy) is 1. The Kier molecular flexibility index (Phi) is 7.69. The van der Waals surface area contributed by atoms with Gasteiger partial charge in [0.05, 0.1) is 6.61 Å². The summed E-state index contributed by atoms with van der Waals surface area (Å²) in [4.78, 5) is 10.9. The molecule has 0 aromatic rings. The highest BCUT2D eigenvalue weighted by Gasteiger charge is 2.00. The van der Waals surface area contributed by atoms with Gasteiger partial charge in [-0.2, -0.15) is 0 Å². The molecule has 0 unspecified atom stereocenters. The second kappa shape index (κ2) is 8.27. The number of hydrogen-bond donors (Lipinski definition) is 0. The first kappa shape index (κ1) is 13.9. The third-order valence-electron chi connectivity index (χ3n) is 2.48. The second-order valence-electron chi connectivity index (χ2n) is 3.71. The van der Waals surface area contributed by atoms with Crippen LogP contribution in [0.2, 0.25) is 0 Å². The van der Waals surface area contributed by atoms with E-state index in [4.69, 9.17) is 4.74 Å². The zero-order valence-electron chi connectivity index (χ0n) is 10.1. The normalized spacial score (nSPS) is 11.9. The van der Waals surface area contributed by atoms with Gasteiger partial charge in [0.25, 0.3) is 0 Å². The van der Waals surface area contributed by atoms with Crippen LogP contribution in [-0.4, -0.2) is 12.6 Å². The minimum absolute atomic E-state index is 0.119. The number of esters is 1. The molecular formula is C13H22O2. The number of allylic oxidation sites excluding steroid dienone is 2. The standard InChI is InChI=1S/C13H22O2/c1-5-7-8-11(3)12(4)9-10-15-13(14)6-2/h5H,1,6-10H2,2-4H3/b12-11+. The van der Waals surface area contributed by atoms with Crippen LogP contribution in [0.15, 0.2) is 23.8 Å². The molecule has 15 heavy (non-hydrogen) atoms. The lowest BCUT2D eigenvalue weighted by molar-refractivity contribution is -0.143. The van der Waals surface area contributed by atoms with E-state index in [1.807, 2.05) is 6.08 Å². The van der Waals surface area contributed by atoms with Crippen molar-refractivity contribution in [3.63, 3.8) is 0 Å². The molecule has 0 heterocycles. The van der Waals surface area contributed by atoms with Crippen LogP contribution < -0.4 is 0 Å². The van der Waals surface area contributed by atoms with E-state index in [1.54, 1.807) is 6.92 Å². The fraction of sp³-hybridized carbons (Fsp3) is 0.615. The number of carbonyl (C=O) groups excluding carboxylic acids is 1. The average Bonchev–Trinajstić information content (AvgIpc) is 2.25. The summed E-state index contributed by atoms with van der Waals surface area (Å²) < 4.78 is 5.02. The largest absolute Gasteiger partial charge is 0.465 e. The van der Waals surface area contributed by atoms with Crippen molar-refractivity contribution in [3.8, 4) is 0 Å². The number of carbonyl (C=O) groups is 1. The maximum absolute atomic E-state index is 10.9. The number of hydrogen-bond acceptors (Lipinski definition) is 2. The minimum Gasteiger partial charge on any atom is -0.465 e. The Labute approximate surface area is 93.0 Å². The summed E-state index contributed by atoms with van der Waals surface area (Å²) in [6.07, 6.45) is 5.29. The second-order valence-corrected chi connectivity index (χ2v) is 3.71. The topological polar surface area (TPSA) is 26.3 Å². The fourth-order valence-electron chi connectivity index (χ4n) is 1.17. The zero-order valence-corrected chi connectivity index (χ0v) is 10.1. The molecule has 2 nitrogen and oxygen atoms in total. The van der Waals surface area contributed by atoms with Gasteiger partial charge in [0, 0.05) is 12.8 Å². The van der Waals surface area contributed by atoms with Crippen molar-refractivity contribution < 1.29 is 9.53 Å². The summed E-state index contributed by atoms with van der Waals surface area (Å²) in [5.74, 6) is -0.119. The lowest BCUT2D eigenvalue weighted by atomic mass is 10.0. The van der Waals surface area contributed by atoms with Crippen molar-refractivity contribution in [1.29, 1.82) is 0 Å². The van der Waals surface area contributed by atoms with Gasteiger partial charge in [-0.3, -0.25) is 4.79 Å². The van der Waals surface area contributed by atoms with E-state index in [-0.39, 0.29) is 5.97 Å². The molecule has 86 valence electrons. The van der Waals surface area contributed by atoms with E-state index < -0.39 is 0 Å². The van der Waals surface area contributed by atoms with E-state index in [2.05, 4.69) is 20.4 Å². The molecule has 0 aromatic carbocycles. The number of rotatable bonds is 7. The van der Waals surface area contributed by atoms with Crippen LogP contribution in [-0.2, 0) is 9.53 Å². The molecule has 0 radical (unpaired) electrons. The van der Waals surface area contributed by atoms with E-state index >= 15 is 0 Å². The van der Waals surface area contributed by atoms with Crippen LogP contribution in [0.1, 0.15) is 46.5 Å². The van der Waals surface area contributed by atoms with Crippen molar-refractivity contribution >= 4 is 5.97 Å².